The molecular formula is C21H19N3O4. The van der Waals surface area contributed by atoms with Gasteiger partial charge in [-0.05, 0) is 50.2 Å². The van der Waals surface area contributed by atoms with Gasteiger partial charge in [0.25, 0.3) is 5.91 Å². The Bertz CT molecular complexity index is 1080. The van der Waals surface area contributed by atoms with Gasteiger partial charge in [0, 0.05) is 0 Å². The van der Waals surface area contributed by atoms with Crippen molar-refractivity contribution >= 4 is 34.5 Å². The van der Waals surface area contributed by atoms with Gasteiger partial charge in [-0.25, -0.2) is 14.7 Å². The zero-order valence-electron chi connectivity index (χ0n) is 15.6. The summed E-state index contributed by atoms with van der Waals surface area (Å²) in [7, 11) is 0. The standard InChI is InChI=1S/C21H19N3O4/c1-3-28-21(27)14-8-10-15(11-9-14)24-19(25)12-18(20(24)26)23-13(2)22-16-6-4-5-7-17(16)23/h4-11,18H,3,12H2,1-2H3/t18-/m1/s1. The summed E-state index contributed by atoms with van der Waals surface area (Å²) < 4.78 is 6.78. The van der Waals surface area contributed by atoms with Gasteiger partial charge in [0.2, 0.25) is 5.91 Å². The van der Waals surface area contributed by atoms with Gasteiger partial charge in [-0.3, -0.25) is 9.59 Å². The molecule has 1 aromatic heterocycles. The minimum atomic E-state index is -0.635. The average molecular weight is 377 g/mol. The van der Waals surface area contributed by atoms with Crippen LogP contribution in [-0.4, -0.2) is 33.9 Å². The molecule has 0 aliphatic carbocycles. The van der Waals surface area contributed by atoms with Crippen molar-refractivity contribution in [1.82, 2.24) is 9.55 Å². The lowest BCUT2D eigenvalue weighted by Gasteiger charge is -2.17. The summed E-state index contributed by atoms with van der Waals surface area (Å²) in [6, 6.07) is 13.2. The second-order valence-corrected chi connectivity index (χ2v) is 6.57. The van der Waals surface area contributed by atoms with Crippen LogP contribution in [0.2, 0.25) is 0 Å². The fourth-order valence-electron chi connectivity index (χ4n) is 3.61. The summed E-state index contributed by atoms with van der Waals surface area (Å²) in [4.78, 5) is 43.2. The molecule has 1 fully saturated rings. The minimum absolute atomic E-state index is 0.0691. The molecule has 0 bridgehead atoms. The van der Waals surface area contributed by atoms with Crippen molar-refractivity contribution in [3.05, 3.63) is 59.9 Å². The van der Waals surface area contributed by atoms with Crippen molar-refractivity contribution in [2.24, 2.45) is 0 Å². The number of rotatable bonds is 4. The fourth-order valence-corrected chi connectivity index (χ4v) is 3.61. The third-order valence-electron chi connectivity index (χ3n) is 4.84. The number of fused-ring (bicyclic) bond motifs is 1. The van der Waals surface area contributed by atoms with Gasteiger partial charge in [0.1, 0.15) is 11.9 Å². The second kappa shape index (κ2) is 6.92. The first-order chi connectivity index (χ1) is 13.5. The molecule has 1 atom stereocenters. The third-order valence-corrected chi connectivity index (χ3v) is 4.84. The van der Waals surface area contributed by atoms with E-state index in [2.05, 4.69) is 4.98 Å². The number of esters is 1. The Hall–Kier alpha value is -3.48. The van der Waals surface area contributed by atoms with Crippen LogP contribution in [0, 0.1) is 6.92 Å². The number of para-hydroxylation sites is 2. The lowest BCUT2D eigenvalue weighted by molar-refractivity contribution is -0.122. The molecule has 4 rings (SSSR count). The minimum Gasteiger partial charge on any atom is -0.462 e. The predicted molar refractivity (Wildman–Crippen MR) is 103 cm³/mol. The summed E-state index contributed by atoms with van der Waals surface area (Å²) >= 11 is 0. The van der Waals surface area contributed by atoms with Crippen LogP contribution in [0.4, 0.5) is 5.69 Å². The summed E-state index contributed by atoms with van der Waals surface area (Å²) in [5.41, 5.74) is 2.42. The quantitative estimate of drug-likeness (QED) is 0.516. The first kappa shape index (κ1) is 17.9. The van der Waals surface area contributed by atoms with Crippen LogP contribution in [0.5, 0.6) is 0 Å². The van der Waals surface area contributed by atoms with E-state index >= 15 is 0 Å². The van der Waals surface area contributed by atoms with Gasteiger partial charge < -0.3 is 9.30 Å². The molecule has 0 N–H and O–H groups in total. The molecule has 7 nitrogen and oxygen atoms in total. The summed E-state index contributed by atoms with van der Waals surface area (Å²) in [6.07, 6.45) is 0.0691. The van der Waals surface area contributed by atoms with Crippen molar-refractivity contribution in [2.75, 3.05) is 11.5 Å². The number of benzene rings is 2. The Balaban J connectivity index is 1.66. The molecule has 1 saturated heterocycles. The molecule has 0 saturated carbocycles. The zero-order valence-corrected chi connectivity index (χ0v) is 15.6. The van der Waals surface area contributed by atoms with Gasteiger partial charge in [0.15, 0.2) is 0 Å². The summed E-state index contributed by atoms with van der Waals surface area (Å²) in [5.74, 6) is -0.338. The van der Waals surface area contributed by atoms with E-state index in [1.807, 2.05) is 35.8 Å². The molecule has 2 amide bonds. The number of amides is 2. The molecule has 2 heterocycles. The summed E-state index contributed by atoms with van der Waals surface area (Å²) in [5, 5.41) is 0. The maximum absolute atomic E-state index is 13.1. The molecule has 1 aliphatic heterocycles. The fraction of sp³-hybridized carbons (Fsp3) is 0.238. The molecule has 0 radical (unpaired) electrons. The van der Waals surface area contributed by atoms with E-state index in [9.17, 15) is 14.4 Å². The maximum Gasteiger partial charge on any atom is 0.338 e. The van der Waals surface area contributed by atoms with E-state index in [1.54, 1.807) is 31.2 Å². The van der Waals surface area contributed by atoms with Crippen LogP contribution in [0.25, 0.3) is 11.0 Å². The molecule has 1 aliphatic rings. The van der Waals surface area contributed by atoms with Gasteiger partial charge >= 0.3 is 5.97 Å². The Kier molecular flexibility index (Phi) is 4.43. The second-order valence-electron chi connectivity index (χ2n) is 6.57. The highest BCUT2D eigenvalue weighted by Gasteiger charge is 2.41. The van der Waals surface area contributed by atoms with E-state index in [0.29, 0.717) is 17.1 Å². The van der Waals surface area contributed by atoms with E-state index in [4.69, 9.17) is 4.74 Å². The van der Waals surface area contributed by atoms with Crippen molar-refractivity contribution < 1.29 is 19.1 Å². The highest BCUT2D eigenvalue weighted by molar-refractivity contribution is 6.22. The number of carbonyl (C=O) groups is 3. The van der Waals surface area contributed by atoms with Gasteiger partial charge in [-0.1, -0.05) is 12.1 Å². The number of ether oxygens (including phenoxy) is 1. The predicted octanol–water partition coefficient (Wildman–Crippen LogP) is 3.03. The smallest absolute Gasteiger partial charge is 0.338 e. The summed E-state index contributed by atoms with van der Waals surface area (Å²) in [6.45, 7) is 3.84. The molecule has 2 aromatic carbocycles. The van der Waals surface area contributed by atoms with Gasteiger partial charge in [-0.2, -0.15) is 0 Å². The van der Waals surface area contributed by atoms with Crippen LogP contribution in [0.3, 0.4) is 0 Å². The monoisotopic (exact) mass is 377 g/mol. The van der Waals surface area contributed by atoms with Crippen molar-refractivity contribution in [2.45, 2.75) is 26.3 Å². The number of carbonyl (C=O) groups excluding carboxylic acids is 3. The molecular weight excluding hydrogens is 358 g/mol. The molecule has 28 heavy (non-hydrogen) atoms. The first-order valence-electron chi connectivity index (χ1n) is 9.08. The number of imide groups is 1. The van der Waals surface area contributed by atoms with E-state index in [-0.39, 0.29) is 24.8 Å². The lowest BCUT2D eigenvalue weighted by Crippen LogP contribution is -2.31. The first-order valence-corrected chi connectivity index (χ1v) is 9.08. The number of nitrogens with zero attached hydrogens (tertiary/aromatic N) is 3. The van der Waals surface area contributed by atoms with Crippen molar-refractivity contribution in [3.63, 3.8) is 0 Å². The SMILES string of the molecule is CCOC(=O)c1ccc(N2C(=O)C[C@@H](n3c(C)nc4ccccc43)C2=O)cc1. The largest absolute Gasteiger partial charge is 0.462 e. The number of aryl methyl sites for hydroxylation is 1. The zero-order chi connectivity index (χ0) is 19.8. The van der Waals surface area contributed by atoms with Gasteiger partial charge in [-0.15, -0.1) is 0 Å². The van der Waals surface area contributed by atoms with E-state index in [1.165, 1.54) is 4.90 Å². The highest BCUT2D eigenvalue weighted by atomic mass is 16.5. The molecule has 3 aromatic rings. The maximum atomic E-state index is 13.1. The van der Waals surface area contributed by atoms with Gasteiger partial charge in [0.05, 0.1) is 35.3 Å². The number of anilines is 1. The van der Waals surface area contributed by atoms with Crippen LogP contribution >= 0.6 is 0 Å². The van der Waals surface area contributed by atoms with Crippen molar-refractivity contribution in [3.8, 4) is 0 Å². The van der Waals surface area contributed by atoms with Crippen LogP contribution in [0.15, 0.2) is 48.5 Å². The van der Waals surface area contributed by atoms with Crippen LogP contribution in [0.1, 0.15) is 35.6 Å². The number of hydrogen-bond donors (Lipinski definition) is 0. The molecule has 0 unspecified atom stereocenters. The van der Waals surface area contributed by atoms with E-state index in [0.717, 1.165) is 11.0 Å². The Morgan fingerprint density at radius 1 is 1.14 bits per heavy atom. The number of imidazole rings is 1. The number of aromatic nitrogens is 2. The third kappa shape index (κ3) is 2.85. The van der Waals surface area contributed by atoms with Crippen LogP contribution in [-0.2, 0) is 14.3 Å². The number of hydrogen-bond acceptors (Lipinski definition) is 5. The molecule has 7 heteroatoms. The molecule has 142 valence electrons. The van der Waals surface area contributed by atoms with Crippen LogP contribution < -0.4 is 4.90 Å². The molecule has 0 spiro atoms. The highest BCUT2D eigenvalue weighted by Crippen LogP contribution is 2.33. The lowest BCUT2D eigenvalue weighted by atomic mass is 10.2. The topological polar surface area (TPSA) is 81.5 Å². The average Bonchev–Trinajstić information content (AvgIpc) is 3.17. The van der Waals surface area contributed by atoms with Crippen molar-refractivity contribution in [1.29, 1.82) is 0 Å². The van der Waals surface area contributed by atoms with E-state index < -0.39 is 12.0 Å². The Labute approximate surface area is 161 Å². The normalized spacial score (nSPS) is 16.8. The Morgan fingerprint density at radius 3 is 2.57 bits per heavy atom. The Morgan fingerprint density at radius 2 is 1.86 bits per heavy atom.